The Balaban J connectivity index is 1.36. The van der Waals surface area contributed by atoms with Crippen molar-refractivity contribution in [2.45, 2.75) is 6.42 Å². The molecule has 4 aromatic rings. The molecule has 2 aromatic carbocycles. The molecular formula is C23H18N6. The van der Waals surface area contributed by atoms with Gasteiger partial charge in [-0.2, -0.15) is 0 Å². The SMILES string of the molecule is c1ccc(N=Nc2ccc(Cc3ccc(N=Nc4ccccn4)cc3)cc2)nc1. The normalized spacial score (nSPS) is 11.3. The van der Waals surface area contributed by atoms with E-state index in [1.165, 1.54) is 11.1 Å². The highest BCUT2D eigenvalue weighted by molar-refractivity contribution is 5.43. The number of benzene rings is 2. The van der Waals surface area contributed by atoms with E-state index in [-0.39, 0.29) is 0 Å². The minimum Gasteiger partial charge on any atom is -0.236 e. The second-order valence-electron chi connectivity index (χ2n) is 6.29. The molecular weight excluding hydrogens is 360 g/mol. The smallest absolute Gasteiger partial charge is 0.174 e. The van der Waals surface area contributed by atoms with Crippen molar-refractivity contribution in [2.24, 2.45) is 20.5 Å². The Morgan fingerprint density at radius 1 is 0.483 bits per heavy atom. The molecule has 0 aliphatic heterocycles. The maximum Gasteiger partial charge on any atom is 0.174 e. The van der Waals surface area contributed by atoms with Crippen molar-refractivity contribution in [1.29, 1.82) is 0 Å². The predicted octanol–water partition coefficient (Wildman–Crippen LogP) is 6.90. The summed E-state index contributed by atoms with van der Waals surface area (Å²) >= 11 is 0. The third-order valence-electron chi connectivity index (χ3n) is 4.12. The molecule has 0 fully saturated rings. The molecule has 6 nitrogen and oxygen atoms in total. The van der Waals surface area contributed by atoms with Crippen molar-refractivity contribution >= 4 is 23.0 Å². The number of hydrogen-bond acceptors (Lipinski definition) is 6. The summed E-state index contributed by atoms with van der Waals surface area (Å²) in [7, 11) is 0. The Kier molecular flexibility index (Phi) is 5.83. The van der Waals surface area contributed by atoms with Gasteiger partial charge in [0, 0.05) is 12.4 Å². The minimum absolute atomic E-state index is 0.594. The van der Waals surface area contributed by atoms with E-state index in [0.717, 1.165) is 17.8 Å². The number of hydrogen-bond donors (Lipinski definition) is 0. The molecule has 0 N–H and O–H groups in total. The average molecular weight is 378 g/mol. The lowest BCUT2D eigenvalue weighted by Gasteiger charge is -2.03. The van der Waals surface area contributed by atoms with Crippen LogP contribution in [0.4, 0.5) is 23.0 Å². The van der Waals surface area contributed by atoms with E-state index in [4.69, 9.17) is 0 Å². The molecule has 0 atom stereocenters. The van der Waals surface area contributed by atoms with E-state index < -0.39 is 0 Å². The highest BCUT2D eigenvalue weighted by Crippen LogP contribution is 2.21. The van der Waals surface area contributed by atoms with Crippen molar-refractivity contribution in [2.75, 3.05) is 0 Å². The summed E-state index contributed by atoms with van der Waals surface area (Å²) in [5.74, 6) is 1.19. The van der Waals surface area contributed by atoms with Crippen molar-refractivity contribution in [3.63, 3.8) is 0 Å². The molecule has 0 aliphatic carbocycles. The van der Waals surface area contributed by atoms with Gasteiger partial charge in [0.15, 0.2) is 11.6 Å². The lowest BCUT2D eigenvalue weighted by molar-refractivity contribution is 1.14. The van der Waals surface area contributed by atoms with E-state index in [9.17, 15) is 0 Å². The van der Waals surface area contributed by atoms with E-state index in [2.05, 4.69) is 54.7 Å². The second kappa shape index (κ2) is 9.23. The van der Waals surface area contributed by atoms with Crippen LogP contribution in [0.25, 0.3) is 0 Å². The molecule has 0 amide bonds. The lowest BCUT2D eigenvalue weighted by atomic mass is 10.0. The molecule has 6 heteroatoms. The standard InChI is InChI=1S/C23H18N6/c1-3-15-24-22(5-1)28-26-20-11-7-18(8-12-20)17-19-9-13-21(14-10-19)27-29-23-6-2-4-16-25-23/h1-16H,17H2. The summed E-state index contributed by atoms with van der Waals surface area (Å²) in [4.78, 5) is 8.25. The molecule has 0 saturated heterocycles. The maximum absolute atomic E-state index is 4.22. The van der Waals surface area contributed by atoms with Gasteiger partial charge in [-0.3, -0.25) is 0 Å². The molecule has 0 aliphatic rings. The van der Waals surface area contributed by atoms with Crippen molar-refractivity contribution in [3.05, 3.63) is 108 Å². The predicted molar refractivity (Wildman–Crippen MR) is 113 cm³/mol. The molecule has 0 saturated carbocycles. The monoisotopic (exact) mass is 378 g/mol. The zero-order valence-corrected chi connectivity index (χ0v) is 15.6. The summed E-state index contributed by atoms with van der Waals surface area (Å²) < 4.78 is 0. The van der Waals surface area contributed by atoms with Crippen molar-refractivity contribution < 1.29 is 0 Å². The number of aromatic nitrogens is 2. The molecule has 29 heavy (non-hydrogen) atoms. The first kappa shape index (κ1) is 18.3. The zero-order valence-electron chi connectivity index (χ0n) is 15.6. The minimum atomic E-state index is 0.594. The number of rotatable bonds is 6. The summed E-state index contributed by atoms with van der Waals surface area (Å²) in [6.07, 6.45) is 4.22. The highest BCUT2D eigenvalue weighted by atomic mass is 15.1. The van der Waals surface area contributed by atoms with Gasteiger partial charge in [0.05, 0.1) is 11.4 Å². The number of azo groups is 2. The zero-order chi connectivity index (χ0) is 19.7. The van der Waals surface area contributed by atoms with Gasteiger partial charge in [-0.25, -0.2) is 9.97 Å². The van der Waals surface area contributed by atoms with Crippen molar-refractivity contribution in [3.8, 4) is 0 Å². The van der Waals surface area contributed by atoms with Crippen LogP contribution in [0.3, 0.4) is 0 Å². The van der Waals surface area contributed by atoms with Crippen LogP contribution >= 0.6 is 0 Å². The summed E-state index contributed by atoms with van der Waals surface area (Å²) in [6, 6.07) is 27.2. The van der Waals surface area contributed by atoms with Crippen LogP contribution in [0.2, 0.25) is 0 Å². The van der Waals surface area contributed by atoms with Crippen LogP contribution in [0.5, 0.6) is 0 Å². The second-order valence-corrected chi connectivity index (χ2v) is 6.29. The van der Waals surface area contributed by atoms with Crippen LogP contribution in [-0.2, 0) is 6.42 Å². The van der Waals surface area contributed by atoms with Crippen LogP contribution in [0.15, 0.2) is 118 Å². The third-order valence-corrected chi connectivity index (χ3v) is 4.12. The van der Waals surface area contributed by atoms with Gasteiger partial charge >= 0.3 is 0 Å². The fourth-order valence-electron chi connectivity index (χ4n) is 2.64. The first-order chi connectivity index (χ1) is 14.3. The average Bonchev–Trinajstić information content (AvgIpc) is 2.80. The number of nitrogens with zero attached hydrogens (tertiary/aromatic N) is 6. The van der Waals surface area contributed by atoms with E-state index in [1.807, 2.05) is 60.7 Å². The maximum atomic E-state index is 4.22. The van der Waals surface area contributed by atoms with Crippen molar-refractivity contribution in [1.82, 2.24) is 9.97 Å². The first-order valence-electron chi connectivity index (χ1n) is 9.19. The van der Waals surface area contributed by atoms with Gasteiger partial charge in [-0.15, -0.1) is 20.5 Å². The van der Waals surface area contributed by atoms with Gasteiger partial charge in [0.1, 0.15) is 0 Å². The Bertz CT molecular complexity index is 999. The fourth-order valence-corrected chi connectivity index (χ4v) is 2.64. The molecule has 0 unspecified atom stereocenters. The lowest BCUT2D eigenvalue weighted by Crippen LogP contribution is -1.86. The van der Waals surface area contributed by atoms with Crippen LogP contribution < -0.4 is 0 Å². The Labute approximate surface area is 168 Å². The molecule has 0 bridgehead atoms. The van der Waals surface area contributed by atoms with Gasteiger partial charge < -0.3 is 0 Å². The summed E-state index contributed by atoms with van der Waals surface area (Å²) in [5.41, 5.74) is 3.99. The molecule has 0 spiro atoms. The quantitative estimate of drug-likeness (QED) is 0.342. The molecule has 2 heterocycles. The largest absolute Gasteiger partial charge is 0.236 e. The Morgan fingerprint density at radius 2 is 0.931 bits per heavy atom. The van der Waals surface area contributed by atoms with Gasteiger partial charge in [-0.05, 0) is 66.1 Å². The van der Waals surface area contributed by atoms with E-state index in [1.54, 1.807) is 12.4 Å². The van der Waals surface area contributed by atoms with Gasteiger partial charge in [0.25, 0.3) is 0 Å². The van der Waals surface area contributed by atoms with Crippen LogP contribution in [-0.4, -0.2) is 9.97 Å². The van der Waals surface area contributed by atoms with E-state index >= 15 is 0 Å². The first-order valence-corrected chi connectivity index (χ1v) is 9.19. The Morgan fingerprint density at radius 3 is 1.31 bits per heavy atom. The van der Waals surface area contributed by atoms with Gasteiger partial charge in [-0.1, -0.05) is 36.4 Å². The molecule has 0 radical (unpaired) electrons. The highest BCUT2D eigenvalue weighted by Gasteiger charge is 1.99. The Hall–Kier alpha value is -4.06. The fraction of sp³-hybridized carbons (Fsp3) is 0.0435. The summed E-state index contributed by atoms with van der Waals surface area (Å²) in [5, 5.41) is 16.7. The third kappa shape index (κ3) is 5.46. The summed E-state index contributed by atoms with van der Waals surface area (Å²) in [6.45, 7) is 0. The number of pyridine rings is 2. The topological polar surface area (TPSA) is 75.2 Å². The molecule has 4 rings (SSSR count). The van der Waals surface area contributed by atoms with Crippen LogP contribution in [0.1, 0.15) is 11.1 Å². The molecule has 2 aromatic heterocycles. The van der Waals surface area contributed by atoms with Gasteiger partial charge in [0.2, 0.25) is 0 Å². The molecule has 140 valence electrons. The van der Waals surface area contributed by atoms with Crippen LogP contribution in [0, 0.1) is 0 Å². The van der Waals surface area contributed by atoms with E-state index in [0.29, 0.717) is 11.6 Å².